The fraction of sp³-hybridized carbons (Fsp3) is 0.561. The monoisotopic (exact) mass is 644 g/mol. The number of carbonyl (C=O) groups excluding carboxylic acids is 2. The number of hydrogen-bond acceptors (Lipinski definition) is 6. The second-order valence-electron chi connectivity index (χ2n) is 13.5. The normalized spacial score (nSPS) is 22.2. The van der Waals surface area contributed by atoms with E-state index in [0.717, 1.165) is 11.8 Å². The maximum Gasteiger partial charge on any atom is 0.338 e. The maximum atomic E-state index is 12.6. The predicted molar refractivity (Wildman–Crippen MR) is 188 cm³/mol. The molecule has 0 spiro atoms. The molecule has 6 nitrogen and oxygen atoms in total. The van der Waals surface area contributed by atoms with Crippen molar-refractivity contribution in [3.8, 4) is 11.5 Å². The van der Waals surface area contributed by atoms with Crippen molar-refractivity contribution < 1.29 is 28.5 Å². The van der Waals surface area contributed by atoms with Gasteiger partial charge in [-0.1, -0.05) is 63.8 Å². The van der Waals surface area contributed by atoms with Gasteiger partial charge in [0.2, 0.25) is 0 Å². The van der Waals surface area contributed by atoms with Crippen molar-refractivity contribution in [1.29, 1.82) is 0 Å². The van der Waals surface area contributed by atoms with Crippen LogP contribution in [0.2, 0.25) is 0 Å². The van der Waals surface area contributed by atoms with E-state index in [2.05, 4.69) is 38.2 Å². The van der Waals surface area contributed by atoms with E-state index >= 15 is 0 Å². The van der Waals surface area contributed by atoms with Crippen LogP contribution in [0.4, 0.5) is 0 Å². The van der Waals surface area contributed by atoms with Crippen LogP contribution in [0.25, 0.3) is 0 Å². The van der Waals surface area contributed by atoms with Gasteiger partial charge in [-0.25, -0.2) is 9.59 Å². The number of ether oxygens (including phenoxy) is 4. The fourth-order valence-corrected chi connectivity index (χ4v) is 6.88. The van der Waals surface area contributed by atoms with Crippen molar-refractivity contribution in [1.82, 2.24) is 0 Å². The Kier molecular flexibility index (Phi) is 15.4. The molecule has 47 heavy (non-hydrogen) atoms. The minimum absolute atomic E-state index is 0.0399. The number of esters is 2. The highest BCUT2D eigenvalue weighted by Gasteiger charge is 2.20. The summed E-state index contributed by atoms with van der Waals surface area (Å²) < 4.78 is 22.6. The summed E-state index contributed by atoms with van der Waals surface area (Å²) in [7, 11) is 0. The topological polar surface area (TPSA) is 71.1 Å². The van der Waals surface area contributed by atoms with E-state index in [-0.39, 0.29) is 6.61 Å². The van der Waals surface area contributed by atoms with Gasteiger partial charge in [-0.05, 0) is 130 Å². The molecule has 0 amide bonds. The lowest BCUT2D eigenvalue weighted by atomic mass is 9.80. The van der Waals surface area contributed by atoms with Crippen LogP contribution >= 0.6 is 0 Å². The van der Waals surface area contributed by atoms with Gasteiger partial charge in [0.25, 0.3) is 0 Å². The van der Waals surface area contributed by atoms with Gasteiger partial charge < -0.3 is 18.9 Å². The SMILES string of the molecule is CCCC1CCC(C=CCOc2ccc(C(=O)OCC(C)OC(=O)c3ccc(OCC=CC4CCC(CCC)CC4)cc3)cc2)CC1. The first-order valence-corrected chi connectivity index (χ1v) is 18.1. The quantitative estimate of drug-likeness (QED) is 0.126. The Morgan fingerprint density at radius 1 is 0.660 bits per heavy atom. The Balaban J connectivity index is 1.09. The second kappa shape index (κ2) is 20.0. The Hall–Kier alpha value is -3.54. The molecule has 0 aromatic heterocycles. The van der Waals surface area contributed by atoms with E-state index in [9.17, 15) is 9.59 Å². The van der Waals surface area contributed by atoms with E-state index in [1.807, 2.05) is 0 Å². The highest BCUT2D eigenvalue weighted by molar-refractivity contribution is 5.90. The van der Waals surface area contributed by atoms with Crippen LogP contribution in [0.15, 0.2) is 72.8 Å². The Morgan fingerprint density at radius 3 is 1.51 bits per heavy atom. The zero-order valence-electron chi connectivity index (χ0n) is 28.9. The highest BCUT2D eigenvalue weighted by atomic mass is 16.6. The molecule has 2 aromatic carbocycles. The van der Waals surface area contributed by atoms with Gasteiger partial charge in [-0.2, -0.15) is 0 Å². The molecule has 256 valence electrons. The molecule has 2 aliphatic carbocycles. The third-order valence-electron chi connectivity index (χ3n) is 9.62. The summed E-state index contributed by atoms with van der Waals surface area (Å²) in [5.41, 5.74) is 0.833. The molecular weight excluding hydrogens is 588 g/mol. The molecule has 0 radical (unpaired) electrons. The van der Waals surface area contributed by atoms with Gasteiger partial charge in [-0.15, -0.1) is 0 Å². The molecule has 2 saturated carbocycles. The lowest BCUT2D eigenvalue weighted by Gasteiger charge is -2.26. The molecule has 6 heteroatoms. The van der Waals surface area contributed by atoms with Crippen molar-refractivity contribution >= 4 is 11.9 Å². The lowest BCUT2D eigenvalue weighted by molar-refractivity contribution is 0.00447. The first-order chi connectivity index (χ1) is 22.9. The van der Waals surface area contributed by atoms with Gasteiger partial charge in [0.15, 0.2) is 0 Å². The largest absolute Gasteiger partial charge is 0.490 e. The van der Waals surface area contributed by atoms with Gasteiger partial charge in [0.1, 0.15) is 37.4 Å². The number of allylic oxidation sites excluding steroid dienone is 2. The first kappa shape index (κ1) is 36.3. The summed E-state index contributed by atoms with van der Waals surface area (Å²) in [4.78, 5) is 25.2. The molecule has 1 unspecified atom stereocenters. The van der Waals surface area contributed by atoms with Crippen LogP contribution in [-0.2, 0) is 9.47 Å². The molecule has 0 heterocycles. The first-order valence-electron chi connectivity index (χ1n) is 18.1. The van der Waals surface area contributed by atoms with Crippen molar-refractivity contribution in [2.75, 3.05) is 19.8 Å². The third kappa shape index (κ3) is 12.9. The van der Waals surface area contributed by atoms with Gasteiger partial charge in [0.05, 0.1) is 11.1 Å². The number of hydrogen-bond donors (Lipinski definition) is 0. The van der Waals surface area contributed by atoms with Crippen molar-refractivity contribution in [2.24, 2.45) is 23.7 Å². The molecule has 4 rings (SSSR count). The summed E-state index contributed by atoms with van der Waals surface area (Å²) in [6.45, 7) is 7.22. The van der Waals surface area contributed by atoms with E-state index in [1.54, 1.807) is 55.5 Å². The second-order valence-corrected chi connectivity index (χ2v) is 13.5. The van der Waals surface area contributed by atoms with E-state index < -0.39 is 18.0 Å². The van der Waals surface area contributed by atoms with Gasteiger partial charge in [-0.3, -0.25) is 0 Å². The molecule has 2 aliphatic rings. The lowest BCUT2D eigenvalue weighted by Crippen LogP contribution is -2.22. The zero-order chi connectivity index (χ0) is 33.3. The minimum Gasteiger partial charge on any atom is -0.490 e. The van der Waals surface area contributed by atoms with Crippen molar-refractivity contribution in [3.63, 3.8) is 0 Å². The summed E-state index contributed by atoms with van der Waals surface area (Å²) in [5, 5.41) is 0. The zero-order valence-corrected chi connectivity index (χ0v) is 28.9. The van der Waals surface area contributed by atoms with Crippen molar-refractivity contribution in [3.05, 3.63) is 84.0 Å². The summed E-state index contributed by atoms with van der Waals surface area (Å²) in [6, 6.07) is 13.8. The van der Waals surface area contributed by atoms with E-state index in [1.165, 1.54) is 77.0 Å². The fourth-order valence-electron chi connectivity index (χ4n) is 6.88. The molecule has 1 atom stereocenters. The summed E-state index contributed by atoms with van der Waals surface area (Å²) >= 11 is 0. The molecular formula is C41H56O6. The Morgan fingerprint density at radius 2 is 1.09 bits per heavy atom. The van der Waals surface area contributed by atoms with Crippen molar-refractivity contribution in [2.45, 2.75) is 104 Å². The van der Waals surface area contributed by atoms with Crippen LogP contribution in [0.5, 0.6) is 11.5 Å². The predicted octanol–water partition coefficient (Wildman–Crippen LogP) is 10.2. The Bertz CT molecular complexity index is 1250. The van der Waals surface area contributed by atoms with Gasteiger partial charge in [0, 0.05) is 0 Å². The maximum absolute atomic E-state index is 12.6. The number of carbonyl (C=O) groups is 2. The molecule has 0 aliphatic heterocycles. The Labute approximate surface area is 282 Å². The van der Waals surface area contributed by atoms with Crippen LogP contribution in [-0.4, -0.2) is 37.9 Å². The molecule has 0 saturated heterocycles. The van der Waals surface area contributed by atoms with Crippen LogP contribution < -0.4 is 9.47 Å². The number of rotatable bonds is 17. The van der Waals surface area contributed by atoms with E-state index in [4.69, 9.17) is 18.9 Å². The van der Waals surface area contributed by atoms with Crippen LogP contribution in [0.3, 0.4) is 0 Å². The van der Waals surface area contributed by atoms with E-state index in [0.29, 0.717) is 47.7 Å². The average Bonchev–Trinajstić information content (AvgIpc) is 3.09. The highest BCUT2D eigenvalue weighted by Crippen LogP contribution is 2.33. The molecule has 0 N–H and O–H groups in total. The summed E-state index contributed by atoms with van der Waals surface area (Å²) in [5.74, 6) is 3.60. The smallest absolute Gasteiger partial charge is 0.338 e. The minimum atomic E-state index is -0.597. The molecule has 2 aromatic rings. The summed E-state index contributed by atoms with van der Waals surface area (Å²) in [6.07, 6.45) is 24.0. The van der Waals surface area contributed by atoms with Gasteiger partial charge >= 0.3 is 11.9 Å². The number of benzene rings is 2. The third-order valence-corrected chi connectivity index (χ3v) is 9.62. The van der Waals surface area contributed by atoms with Crippen LogP contribution in [0, 0.1) is 23.7 Å². The molecule has 2 fully saturated rings. The van der Waals surface area contributed by atoms with Crippen LogP contribution in [0.1, 0.15) is 119 Å². The molecule has 0 bridgehead atoms. The average molecular weight is 645 g/mol. The standard InChI is InChI=1S/C41H56O6/c1-4-8-32-12-16-34(17-13-32)10-6-28-44-38-24-20-36(21-25-38)40(42)46-30-31(3)47-41(43)37-22-26-39(27-23-37)45-29-7-11-35-18-14-33(9-5-2)15-19-35/h6-7,10-11,20-27,31-35H,4-5,8-9,12-19,28-30H2,1-3H3.